The van der Waals surface area contributed by atoms with Gasteiger partial charge in [0.2, 0.25) is 0 Å². The van der Waals surface area contributed by atoms with Crippen molar-refractivity contribution in [3.05, 3.63) is 22.8 Å². The van der Waals surface area contributed by atoms with Gasteiger partial charge in [0.25, 0.3) is 0 Å². The smallest absolute Gasteiger partial charge is 0.337 e. The summed E-state index contributed by atoms with van der Waals surface area (Å²) in [5, 5.41) is 9.89. The van der Waals surface area contributed by atoms with E-state index in [4.69, 9.17) is 16.7 Å². The summed E-state index contributed by atoms with van der Waals surface area (Å²) in [6.45, 7) is 7.27. The number of aromatic nitrogens is 1. The lowest BCUT2D eigenvalue weighted by atomic mass is 10.3. The lowest BCUT2D eigenvalue weighted by molar-refractivity contribution is 0.0696. The Morgan fingerprint density at radius 1 is 1.50 bits per heavy atom. The molecule has 0 saturated heterocycles. The Bertz CT molecular complexity index is 411. The molecule has 0 unspecified atom stereocenters. The van der Waals surface area contributed by atoms with Crippen LogP contribution in [-0.2, 0) is 0 Å². The van der Waals surface area contributed by atoms with Crippen LogP contribution in [0.25, 0.3) is 0 Å². The van der Waals surface area contributed by atoms with E-state index in [0.717, 1.165) is 25.4 Å². The van der Waals surface area contributed by atoms with E-state index in [2.05, 4.69) is 23.7 Å². The molecule has 4 nitrogen and oxygen atoms in total. The van der Waals surface area contributed by atoms with Crippen LogP contribution in [0.1, 0.15) is 24.2 Å². The third-order valence-corrected chi connectivity index (χ3v) is 3.98. The molecule has 0 bridgehead atoms. The van der Waals surface area contributed by atoms with Gasteiger partial charge in [-0.3, -0.25) is 0 Å². The molecule has 18 heavy (non-hydrogen) atoms. The fraction of sp³-hybridized carbons (Fsp3) is 0.500. The second-order valence-electron chi connectivity index (χ2n) is 3.69. The maximum absolute atomic E-state index is 10.7. The zero-order valence-corrected chi connectivity index (χ0v) is 12.1. The highest BCUT2D eigenvalue weighted by atomic mass is 35.5. The highest BCUT2D eigenvalue weighted by molar-refractivity contribution is 7.99. The summed E-state index contributed by atoms with van der Waals surface area (Å²) in [7, 11) is 0. The number of pyridine rings is 1. The van der Waals surface area contributed by atoms with E-state index in [0.29, 0.717) is 10.0 Å². The van der Waals surface area contributed by atoms with Gasteiger partial charge in [-0.25, -0.2) is 9.78 Å². The molecule has 1 aromatic heterocycles. The first kappa shape index (κ1) is 15.3. The number of aromatic carboxylic acids is 1. The van der Waals surface area contributed by atoms with Gasteiger partial charge >= 0.3 is 5.97 Å². The molecule has 1 N–H and O–H groups in total. The minimum absolute atomic E-state index is 0.119. The zero-order chi connectivity index (χ0) is 13.5. The van der Waals surface area contributed by atoms with Crippen molar-refractivity contribution in [2.45, 2.75) is 18.9 Å². The fourth-order valence-electron chi connectivity index (χ4n) is 1.46. The monoisotopic (exact) mass is 288 g/mol. The molecular weight excluding hydrogens is 272 g/mol. The molecule has 0 aromatic carbocycles. The maximum Gasteiger partial charge on any atom is 0.337 e. The van der Waals surface area contributed by atoms with Gasteiger partial charge in [0, 0.05) is 18.5 Å². The van der Waals surface area contributed by atoms with E-state index in [9.17, 15) is 4.79 Å². The lowest BCUT2D eigenvalue weighted by Crippen LogP contribution is -2.25. The number of hydrogen-bond donors (Lipinski definition) is 1. The van der Waals surface area contributed by atoms with Gasteiger partial charge in [-0.05, 0) is 19.2 Å². The highest BCUT2D eigenvalue weighted by Crippen LogP contribution is 2.25. The fourth-order valence-corrected chi connectivity index (χ4v) is 2.66. The van der Waals surface area contributed by atoms with Crippen molar-refractivity contribution in [3.8, 4) is 0 Å². The quantitative estimate of drug-likeness (QED) is 0.782. The molecule has 0 fully saturated rings. The number of halogens is 1. The topological polar surface area (TPSA) is 53.4 Å². The first-order chi connectivity index (χ1) is 8.58. The Kier molecular flexibility index (Phi) is 6.46. The van der Waals surface area contributed by atoms with Crippen LogP contribution in [0.15, 0.2) is 17.3 Å². The zero-order valence-electron chi connectivity index (χ0n) is 10.5. The van der Waals surface area contributed by atoms with E-state index >= 15 is 0 Å². The Morgan fingerprint density at radius 2 is 2.17 bits per heavy atom. The van der Waals surface area contributed by atoms with Crippen LogP contribution in [-0.4, -0.2) is 46.3 Å². The predicted molar refractivity (Wildman–Crippen MR) is 74.7 cm³/mol. The number of rotatable bonds is 7. The van der Waals surface area contributed by atoms with Gasteiger partial charge in [0.1, 0.15) is 5.03 Å². The summed E-state index contributed by atoms with van der Waals surface area (Å²) in [4.78, 5) is 17.1. The molecule has 1 rings (SSSR count). The molecule has 0 atom stereocenters. The third kappa shape index (κ3) is 4.48. The van der Waals surface area contributed by atoms with Crippen molar-refractivity contribution in [1.82, 2.24) is 9.88 Å². The lowest BCUT2D eigenvalue weighted by Gasteiger charge is -2.17. The Labute approximate surface area is 116 Å². The summed E-state index contributed by atoms with van der Waals surface area (Å²) >= 11 is 7.55. The SMILES string of the molecule is CCN(CC)CCSc1ncc(C(=O)O)cc1Cl. The highest BCUT2D eigenvalue weighted by Gasteiger charge is 2.09. The van der Waals surface area contributed by atoms with Gasteiger partial charge in [0.05, 0.1) is 10.6 Å². The van der Waals surface area contributed by atoms with Crippen molar-refractivity contribution in [2.24, 2.45) is 0 Å². The van der Waals surface area contributed by atoms with Crippen molar-refractivity contribution in [1.29, 1.82) is 0 Å². The summed E-state index contributed by atoms with van der Waals surface area (Å²) in [5.41, 5.74) is 0.119. The Balaban J connectivity index is 2.55. The second kappa shape index (κ2) is 7.61. The van der Waals surface area contributed by atoms with Gasteiger partial charge in [0.15, 0.2) is 0 Å². The summed E-state index contributed by atoms with van der Waals surface area (Å²) in [6, 6.07) is 1.44. The van der Waals surface area contributed by atoms with Crippen LogP contribution < -0.4 is 0 Å². The van der Waals surface area contributed by atoms with Crippen molar-refractivity contribution >= 4 is 29.3 Å². The molecule has 0 saturated carbocycles. The van der Waals surface area contributed by atoms with E-state index in [1.807, 2.05) is 0 Å². The van der Waals surface area contributed by atoms with Crippen LogP contribution in [0.2, 0.25) is 5.02 Å². The average Bonchev–Trinajstić information content (AvgIpc) is 2.36. The minimum atomic E-state index is -1.01. The molecular formula is C12H17ClN2O2S. The number of carboxylic acids is 1. The van der Waals surface area contributed by atoms with Gasteiger partial charge in [-0.2, -0.15) is 0 Å². The number of hydrogen-bond acceptors (Lipinski definition) is 4. The number of carboxylic acid groups (broad SMARTS) is 1. The second-order valence-corrected chi connectivity index (χ2v) is 5.18. The van der Waals surface area contributed by atoms with Gasteiger partial charge in [-0.1, -0.05) is 25.4 Å². The minimum Gasteiger partial charge on any atom is -0.478 e. The molecule has 0 radical (unpaired) electrons. The number of thioether (sulfide) groups is 1. The Morgan fingerprint density at radius 3 is 2.67 bits per heavy atom. The molecule has 6 heteroatoms. The van der Waals surface area contributed by atoms with E-state index in [1.165, 1.54) is 12.3 Å². The van der Waals surface area contributed by atoms with Crippen molar-refractivity contribution < 1.29 is 9.90 Å². The largest absolute Gasteiger partial charge is 0.478 e. The van der Waals surface area contributed by atoms with Crippen molar-refractivity contribution in [3.63, 3.8) is 0 Å². The first-order valence-electron chi connectivity index (χ1n) is 5.82. The molecule has 0 spiro atoms. The van der Waals surface area contributed by atoms with Crippen LogP contribution in [0.5, 0.6) is 0 Å². The molecule has 0 aliphatic carbocycles. The van der Waals surface area contributed by atoms with Crippen molar-refractivity contribution in [2.75, 3.05) is 25.4 Å². The Hall–Kier alpha value is -0.780. The van der Waals surface area contributed by atoms with Gasteiger partial charge in [-0.15, -0.1) is 11.8 Å². The number of carbonyl (C=O) groups is 1. The maximum atomic E-state index is 10.7. The molecule has 0 aliphatic rings. The molecule has 0 amide bonds. The molecule has 1 aromatic rings. The molecule has 1 heterocycles. The third-order valence-electron chi connectivity index (χ3n) is 2.60. The van der Waals surface area contributed by atoms with Crippen LogP contribution in [0, 0.1) is 0 Å². The van der Waals surface area contributed by atoms with Crippen LogP contribution in [0.4, 0.5) is 0 Å². The van der Waals surface area contributed by atoms with Crippen LogP contribution in [0.3, 0.4) is 0 Å². The first-order valence-corrected chi connectivity index (χ1v) is 7.18. The standard InChI is InChI=1S/C12H17ClN2O2S/c1-3-15(4-2)5-6-18-11-10(13)7-9(8-14-11)12(16)17/h7-8H,3-6H2,1-2H3,(H,16,17). The van der Waals surface area contributed by atoms with E-state index in [-0.39, 0.29) is 5.56 Å². The molecule has 100 valence electrons. The summed E-state index contributed by atoms with van der Waals surface area (Å²) in [6.07, 6.45) is 1.34. The van der Waals surface area contributed by atoms with E-state index in [1.54, 1.807) is 11.8 Å². The van der Waals surface area contributed by atoms with Gasteiger partial charge < -0.3 is 10.0 Å². The average molecular weight is 289 g/mol. The summed E-state index contributed by atoms with van der Waals surface area (Å²) < 4.78 is 0. The normalized spacial score (nSPS) is 10.9. The van der Waals surface area contributed by atoms with Crippen LogP contribution >= 0.6 is 23.4 Å². The summed E-state index contributed by atoms with van der Waals surface area (Å²) in [5.74, 6) is -0.120. The predicted octanol–water partition coefficient (Wildman–Crippen LogP) is 2.87. The number of nitrogens with zero attached hydrogens (tertiary/aromatic N) is 2. The molecule has 0 aliphatic heterocycles. The van der Waals surface area contributed by atoms with E-state index < -0.39 is 5.97 Å².